The van der Waals surface area contributed by atoms with E-state index in [1.807, 2.05) is 6.07 Å². The van der Waals surface area contributed by atoms with Crippen molar-refractivity contribution in [1.29, 1.82) is 0 Å². The van der Waals surface area contributed by atoms with Crippen molar-refractivity contribution in [2.45, 2.75) is 25.6 Å². The van der Waals surface area contributed by atoms with E-state index in [1.54, 1.807) is 30.3 Å². The van der Waals surface area contributed by atoms with Crippen LogP contribution in [0, 0.1) is 0 Å². The first-order valence-corrected chi connectivity index (χ1v) is 9.31. The van der Waals surface area contributed by atoms with Crippen molar-refractivity contribution in [3.05, 3.63) is 70.8 Å². The minimum atomic E-state index is -4.69. The summed E-state index contributed by atoms with van der Waals surface area (Å²) in [6.07, 6.45) is -3.65. The standard InChI is InChI=1S/C22H15F3N2O3/c23-22(24,25)17-19(27-29-20(17)13-4-2-1-3-5-13)21-16-9-7-14-10-12(11-28)6-8-15(14)18(16)26-30-21/h1-6,8,10,28H,7,9,11H2. The highest BCUT2D eigenvalue weighted by molar-refractivity contribution is 5.79. The molecule has 152 valence electrons. The summed E-state index contributed by atoms with van der Waals surface area (Å²) in [7, 11) is 0. The molecule has 4 aromatic rings. The fraction of sp³-hybridized carbons (Fsp3) is 0.182. The number of alkyl halides is 3. The molecule has 2 heterocycles. The zero-order valence-corrected chi connectivity index (χ0v) is 15.5. The predicted octanol–water partition coefficient (Wildman–Crippen LogP) is 5.27. The average molecular weight is 412 g/mol. The van der Waals surface area contributed by atoms with Crippen LogP contribution in [0.1, 0.15) is 22.3 Å². The lowest BCUT2D eigenvalue weighted by Crippen LogP contribution is -2.08. The van der Waals surface area contributed by atoms with Crippen LogP contribution in [0.2, 0.25) is 0 Å². The molecule has 8 heteroatoms. The number of halogens is 3. The van der Waals surface area contributed by atoms with Gasteiger partial charge in [-0.25, -0.2) is 0 Å². The molecule has 30 heavy (non-hydrogen) atoms. The van der Waals surface area contributed by atoms with Gasteiger partial charge in [-0.05, 0) is 24.0 Å². The Morgan fingerprint density at radius 2 is 1.63 bits per heavy atom. The second-order valence-corrected chi connectivity index (χ2v) is 7.09. The van der Waals surface area contributed by atoms with Crippen molar-refractivity contribution in [3.8, 4) is 34.0 Å². The van der Waals surface area contributed by atoms with Crippen LogP contribution in [-0.2, 0) is 25.6 Å². The maximum absolute atomic E-state index is 14.0. The van der Waals surface area contributed by atoms with Gasteiger partial charge in [-0.3, -0.25) is 0 Å². The number of hydrogen-bond acceptors (Lipinski definition) is 5. The molecular weight excluding hydrogens is 397 g/mol. The van der Waals surface area contributed by atoms with E-state index in [9.17, 15) is 18.3 Å². The van der Waals surface area contributed by atoms with Crippen LogP contribution >= 0.6 is 0 Å². The third kappa shape index (κ3) is 2.91. The first-order chi connectivity index (χ1) is 14.5. The average Bonchev–Trinajstić information content (AvgIpc) is 3.38. The molecule has 0 spiro atoms. The van der Waals surface area contributed by atoms with Gasteiger partial charge in [0.2, 0.25) is 0 Å². The van der Waals surface area contributed by atoms with Crippen LogP contribution < -0.4 is 0 Å². The number of benzene rings is 2. The molecule has 0 saturated heterocycles. The number of aryl methyl sites for hydroxylation is 1. The summed E-state index contributed by atoms with van der Waals surface area (Å²) < 4.78 is 52.5. The lowest BCUT2D eigenvalue weighted by Gasteiger charge is -2.16. The van der Waals surface area contributed by atoms with Crippen molar-refractivity contribution in [2.24, 2.45) is 0 Å². The number of aromatic nitrogens is 2. The summed E-state index contributed by atoms with van der Waals surface area (Å²) in [6.45, 7) is -0.0830. The Balaban J connectivity index is 1.67. The Labute approximate surface area is 168 Å². The maximum atomic E-state index is 14.0. The highest BCUT2D eigenvalue weighted by Gasteiger charge is 2.43. The third-order valence-electron chi connectivity index (χ3n) is 5.27. The summed E-state index contributed by atoms with van der Waals surface area (Å²) in [4.78, 5) is 0. The molecule has 0 saturated carbocycles. The van der Waals surface area contributed by atoms with Gasteiger partial charge >= 0.3 is 6.18 Å². The predicted molar refractivity (Wildman–Crippen MR) is 101 cm³/mol. The zero-order valence-electron chi connectivity index (χ0n) is 15.5. The Morgan fingerprint density at radius 1 is 0.900 bits per heavy atom. The zero-order chi connectivity index (χ0) is 20.9. The van der Waals surface area contributed by atoms with Gasteiger partial charge in [0.1, 0.15) is 11.3 Å². The fourth-order valence-electron chi connectivity index (χ4n) is 3.88. The van der Waals surface area contributed by atoms with E-state index in [-0.39, 0.29) is 23.7 Å². The van der Waals surface area contributed by atoms with Gasteiger partial charge in [0.15, 0.2) is 17.2 Å². The number of aliphatic hydroxyl groups is 1. The van der Waals surface area contributed by atoms with Gasteiger partial charge in [-0.15, -0.1) is 0 Å². The molecule has 1 N–H and O–H groups in total. The molecule has 5 nitrogen and oxygen atoms in total. The Kier molecular flexibility index (Phi) is 4.25. The van der Waals surface area contributed by atoms with E-state index in [0.29, 0.717) is 24.1 Å². The molecule has 0 bridgehead atoms. The van der Waals surface area contributed by atoms with Gasteiger partial charge < -0.3 is 14.2 Å². The number of aliphatic hydroxyl groups excluding tert-OH is 1. The Bertz CT molecular complexity index is 1230. The second-order valence-electron chi connectivity index (χ2n) is 7.09. The number of hydrogen-bond donors (Lipinski definition) is 1. The molecule has 5 rings (SSSR count). The van der Waals surface area contributed by atoms with E-state index in [2.05, 4.69) is 10.3 Å². The minimum absolute atomic E-state index is 0.0276. The minimum Gasteiger partial charge on any atom is -0.392 e. The molecule has 0 atom stereocenters. The molecule has 0 radical (unpaired) electrons. The fourth-order valence-corrected chi connectivity index (χ4v) is 3.88. The van der Waals surface area contributed by atoms with Gasteiger partial charge in [0.05, 0.1) is 6.61 Å². The highest BCUT2D eigenvalue weighted by Crippen LogP contribution is 2.46. The first-order valence-electron chi connectivity index (χ1n) is 9.31. The molecular formula is C22H15F3N2O3. The second kappa shape index (κ2) is 6.84. The smallest absolute Gasteiger partial charge is 0.392 e. The quantitative estimate of drug-likeness (QED) is 0.496. The maximum Gasteiger partial charge on any atom is 0.422 e. The molecule has 1 aliphatic carbocycles. The van der Waals surface area contributed by atoms with Crippen LogP contribution in [-0.4, -0.2) is 15.4 Å². The molecule has 0 aliphatic heterocycles. The molecule has 1 aliphatic rings. The SMILES string of the molecule is OCc1ccc2c(c1)CCc1c-2noc1-c1noc(-c2ccccc2)c1C(F)(F)F. The van der Waals surface area contributed by atoms with E-state index in [0.717, 1.165) is 16.7 Å². The topological polar surface area (TPSA) is 72.3 Å². The Morgan fingerprint density at radius 3 is 2.37 bits per heavy atom. The molecule has 0 fully saturated rings. The largest absolute Gasteiger partial charge is 0.422 e. The van der Waals surface area contributed by atoms with Crippen molar-refractivity contribution in [2.75, 3.05) is 0 Å². The first kappa shape index (κ1) is 18.6. The molecule has 0 amide bonds. The van der Waals surface area contributed by atoms with Gasteiger partial charge in [-0.1, -0.05) is 58.8 Å². The molecule has 2 aromatic carbocycles. The number of rotatable bonds is 3. The van der Waals surface area contributed by atoms with Gasteiger partial charge in [-0.2, -0.15) is 13.2 Å². The van der Waals surface area contributed by atoms with Crippen molar-refractivity contribution < 1.29 is 27.3 Å². The summed E-state index contributed by atoms with van der Waals surface area (Å²) in [5.41, 5.74) is 2.48. The van der Waals surface area contributed by atoms with Crippen molar-refractivity contribution in [3.63, 3.8) is 0 Å². The van der Waals surface area contributed by atoms with E-state index in [4.69, 9.17) is 9.05 Å². The summed E-state index contributed by atoms with van der Waals surface area (Å²) in [5.74, 6) is -0.382. The lowest BCUT2D eigenvalue weighted by atomic mass is 9.87. The summed E-state index contributed by atoms with van der Waals surface area (Å²) in [6, 6.07) is 13.5. The van der Waals surface area contributed by atoms with Crippen LogP contribution in [0.3, 0.4) is 0 Å². The van der Waals surface area contributed by atoms with Crippen LogP contribution in [0.4, 0.5) is 13.2 Å². The molecule has 2 aromatic heterocycles. The van der Waals surface area contributed by atoms with E-state index < -0.39 is 17.4 Å². The van der Waals surface area contributed by atoms with Crippen molar-refractivity contribution >= 4 is 0 Å². The summed E-state index contributed by atoms with van der Waals surface area (Å²) in [5, 5.41) is 17.1. The van der Waals surface area contributed by atoms with Gasteiger partial charge in [0.25, 0.3) is 0 Å². The highest BCUT2D eigenvalue weighted by atomic mass is 19.4. The molecule has 0 unspecified atom stereocenters. The Hall–Kier alpha value is -3.39. The van der Waals surface area contributed by atoms with Gasteiger partial charge in [0, 0.05) is 16.7 Å². The van der Waals surface area contributed by atoms with Crippen LogP contribution in [0.15, 0.2) is 57.6 Å². The van der Waals surface area contributed by atoms with E-state index in [1.165, 1.54) is 12.1 Å². The van der Waals surface area contributed by atoms with E-state index >= 15 is 0 Å². The van der Waals surface area contributed by atoms with Crippen LogP contribution in [0.5, 0.6) is 0 Å². The summed E-state index contributed by atoms with van der Waals surface area (Å²) >= 11 is 0. The number of fused-ring (bicyclic) bond motifs is 3. The number of nitrogens with zero attached hydrogens (tertiary/aromatic N) is 2. The monoisotopic (exact) mass is 412 g/mol. The third-order valence-corrected chi connectivity index (χ3v) is 5.27. The van der Waals surface area contributed by atoms with Crippen molar-refractivity contribution in [1.82, 2.24) is 10.3 Å². The normalized spacial score (nSPS) is 13.2. The lowest BCUT2D eigenvalue weighted by molar-refractivity contribution is -0.136. The van der Waals surface area contributed by atoms with Crippen LogP contribution in [0.25, 0.3) is 34.0 Å².